The summed E-state index contributed by atoms with van der Waals surface area (Å²) in [6.45, 7) is 3.13. The molecule has 0 unspecified atom stereocenters. The monoisotopic (exact) mass is 261 g/mol. The van der Waals surface area contributed by atoms with Crippen LogP contribution in [-0.4, -0.2) is 32.6 Å². The number of anilines is 1. The van der Waals surface area contributed by atoms with Gasteiger partial charge in [-0.3, -0.25) is 4.79 Å². The normalized spacial score (nSPS) is 14.1. The second-order valence-corrected chi connectivity index (χ2v) is 5.00. The molecule has 0 atom stereocenters. The topological polar surface area (TPSA) is 53.2 Å². The maximum atomic E-state index is 11.3. The average molecular weight is 261 g/mol. The lowest BCUT2D eigenvalue weighted by Gasteiger charge is -2.17. The highest BCUT2D eigenvalue weighted by atomic mass is 16.1. The fourth-order valence-corrected chi connectivity index (χ4v) is 2.34. The molecule has 1 heterocycles. The maximum Gasteiger partial charge on any atom is 0.224 e. The van der Waals surface area contributed by atoms with Gasteiger partial charge in [-0.2, -0.15) is 0 Å². The van der Waals surface area contributed by atoms with Gasteiger partial charge in [-0.1, -0.05) is 12.1 Å². The Hall–Kier alpha value is -1.39. The van der Waals surface area contributed by atoms with Crippen molar-refractivity contribution in [2.24, 2.45) is 0 Å². The molecular weight excluding hydrogens is 238 g/mol. The number of hydrogen-bond donors (Lipinski definition) is 3. The number of hydrogen-bond acceptors (Lipinski definition) is 3. The number of amides is 1. The van der Waals surface area contributed by atoms with E-state index in [1.807, 2.05) is 13.1 Å². The highest BCUT2D eigenvalue weighted by Crippen LogP contribution is 2.23. The Labute approximate surface area is 115 Å². The van der Waals surface area contributed by atoms with Gasteiger partial charge in [0.25, 0.3) is 0 Å². The fraction of sp³-hybridized carbons (Fsp3) is 0.533. The van der Waals surface area contributed by atoms with Crippen LogP contribution in [0.2, 0.25) is 0 Å². The van der Waals surface area contributed by atoms with Crippen LogP contribution in [0.1, 0.15) is 24.0 Å². The lowest BCUT2D eigenvalue weighted by molar-refractivity contribution is -0.116. The first-order valence-electron chi connectivity index (χ1n) is 7.06. The van der Waals surface area contributed by atoms with Crippen molar-refractivity contribution in [3.05, 3.63) is 29.3 Å². The van der Waals surface area contributed by atoms with E-state index in [9.17, 15) is 4.79 Å². The van der Waals surface area contributed by atoms with Crippen molar-refractivity contribution >= 4 is 11.6 Å². The molecule has 4 heteroatoms. The molecule has 0 aliphatic carbocycles. The Balaban J connectivity index is 1.77. The summed E-state index contributed by atoms with van der Waals surface area (Å²) in [5, 5.41) is 9.50. The molecule has 1 aromatic carbocycles. The largest absolute Gasteiger partial charge is 0.326 e. The van der Waals surface area contributed by atoms with Gasteiger partial charge in [-0.05, 0) is 63.1 Å². The van der Waals surface area contributed by atoms with Crippen molar-refractivity contribution in [2.75, 3.05) is 32.0 Å². The number of fused-ring (bicyclic) bond motifs is 1. The molecule has 1 aromatic rings. The van der Waals surface area contributed by atoms with Crippen LogP contribution in [-0.2, 0) is 17.6 Å². The van der Waals surface area contributed by atoms with E-state index in [0.717, 1.165) is 44.6 Å². The van der Waals surface area contributed by atoms with E-state index >= 15 is 0 Å². The third kappa shape index (κ3) is 4.33. The zero-order valence-corrected chi connectivity index (χ0v) is 11.6. The number of nitrogens with one attached hydrogen (secondary N) is 3. The molecule has 0 radical (unpaired) electrons. The molecule has 0 fully saturated rings. The molecule has 104 valence electrons. The molecule has 1 aliphatic rings. The summed E-state index contributed by atoms with van der Waals surface area (Å²) in [6.07, 6.45) is 3.68. The van der Waals surface area contributed by atoms with Crippen LogP contribution in [0.15, 0.2) is 18.2 Å². The highest BCUT2D eigenvalue weighted by molar-refractivity contribution is 5.93. The summed E-state index contributed by atoms with van der Waals surface area (Å²) in [7, 11) is 1.98. The van der Waals surface area contributed by atoms with Crippen LogP contribution in [0.4, 0.5) is 5.69 Å². The number of rotatable bonds is 7. The van der Waals surface area contributed by atoms with Crippen molar-refractivity contribution in [1.29, 1.82) is 0 Å². The second kappa shape index (κ2) is 7.26. The van der Waals surface area contributed by atoms with Crippen LogP contribution in [0.3, 0.4) is 0 Å². The quantitative estimate of drug-likeness (QED) is 0.649. The summed E-state index contributed by atoms with van der Waals surface area (Å²) < 4.78 is 0. The van der Waals surface area contributed by atoms with E-state index in [1.165, 1.54) is 11.1 Å². The Bertz CT molecular complexity index is 431. The van der Waals surface area contributed by atoms with Crippen molar-refractivity contribution in [3.63, 3.8) is 0 Å². The lowest BCUT2D eigenvalue weighted by Crippen LogP contribution is -2.22. The first-order chi connectivity index (χ1) is 9.29. The van der Waals surface area contributed by atoms with E-state index in [0.29, 0.717) is 6.42 Å². The van der Waals surface area contributed by atoms with Crippen LogP contribution in [0.5, 0.6) is 0 Å². The fourth-order valence-electron chi connectivity index (χ4n) is 2.34. The third-order valence-corrected chi connectivity index (χ3v) is 3.44. The molecule has 4 nitrogen and oxygen atoms in total. The van der Waals surface area contributed by atoms with Crippen molar-refractivity contribution < 1.29 is 4.79 Å². The molecular formula is C15H23N3O. The third-order valence-electron chi connectivity index (χ3n) is 3.44. The molecule has 0 aromatic heterocycles. The number of carbonyl (C=O) groups excluding carboxylic acids is 1. The zero-order valence-electron chi connectivity index (χ0n) is 11.6. The number of benzene rings is 1. The predicted octanol–water partition coefficient (Wildman–Crippen LogP) is 1.31. The lowest BCUT2D eigenvalue weighted by atomic mass is 9.99. The molecule has 2 rings (SSSR count). The van der Waals surface area contributed by atoms with E-state index in [-0.39, 0.29) is 5.91 Å². The van der Waals surface area contributed by atoms with Gasteiger partial charge in [-0.15, -0.1) is 0 Å². The van der Waals surface area contributed by atoms with E-state index < -0.39 is 0 Å². The summed E-state index contributed by atoms with van der Waals surface area (Å²) in [5.41, 5.74) is 3.60. The summed E-state index contributed by atoms with van der Waals surface area (Å²) in [4.78, 5) is 11.3. The smallest absolute Gasteiger partial charge is 0.224 e. The van der Waals surface area contributed by atoms with Crippen LogP contribution < -0.4 is 16.0 Å². The summed E-state index contributed by atoms with van der Waals surface area (Å²) >= 11 is 0. The summed E-state index contributed by atoms with van der Waals surface area (Å²) in [5.74, 6) is 0.131. The highest BCUT2D eigenvalue weighted by Gasteiger charge is 2.14. The molecule has 0 saturated carbocycles. The van der Waals surface area contributed by atoms with Gasteiger partial charge < -0.3 is 16.0 Å². The number of carbonyl (C=O) groups is 1. The summed E-state index contributed by atoms with van der Waals surface area (Å²) in [6, 6.07) is 6.37. The van der Waals surface area contributed by atoms with Crippen LogP contribution in [0, 0.1) is 0 Å². The first kappa shape index (κ1) is 14.0. The SMILES string of the molecule is CNCCCNCCc1ccc2c(c1)CCC(=O)N2. The Kier molecular flexibility index (Phi) is 5.36. The van der Waals surface area contributed by atoms with Crippen molar-refractivity contribution in [3.8, 4) is 0 Å². The van der Waals surface area contributed by atoms with Gasteiger partial charge in [0.2, 0.25) is 5.91 Å². The average Bonchev–Trinajstić information content (AvgIpc) is 2.43. The molecule has 1 amide bonds. The van der Waals surface area contributed by atoms with Crippen molar-refractivity contribution in [2.45, 2.75) is 25.7 Å². The molecule has 0 bridgehead atoms. The minimum absolute atomic E-state index is 0.131. The van der Waals surface area contributed by atoms with Crippen LogP contribution in [0.25, 0.3) is 0 Å². The minimum Gasteiger partial charge on any atom is -0.326 e. The van der Waals surface area contributed by atoms with Gasteiger partial charge in [0.15, 0.2) is 0 Å². The van der Waals surface area contributed by atoms with Gasteiger partial charge in [0.05, 0.1) is 0 Å². The van der Waals surface area contributed by atoms with Gasteiger partial charge in [-0.25, -0.2) is 0 Å². The molecule has 19 heavy (non-hydrogen) atoms. The Morgan fingerprint density at radius 1 is 1.21 bits per heavy atom. The second-order valence-electron chi connectivity index (χ2n) is 5.00. The number of aryl methyl sites for hydroxylation is 1. The first-order valence-corrected chi connectivity index (χ1v) is 7.06. The molecule has 0 saturated heterocycles. The van der Waals surface area contributed by atoms with Gasteiger partial charge in [0, 0.05) is 12.1 Å². The minimum atomic E-state index is 0.131. The Morgan fingerprint density at radius 3 is 2.95 bits per heavy atom. The Morgan fingerprint density at radius 2 is 2.11 bits per heavy atom. The van der Waals surface area contributed by atoms with Crippen LogP contribution >= 0.6 is 0 Å². The standard InChI is InChI=1S/C15H23N3O/c1-16-8-2-9-17-10-7-12-3-5-14-13(11-12)4-6-15(19)18-14/h3,5,11,16-17H,2,4,6-10H2,1H3,(H,18,19). The van der Waals surface area contributed by atoms with E-state index in [2.05, 4.69) is 28.1 Å². The molecule has 0 spiro atoms. The van der Waals surface area contributed by atoms with Crippen molar-refractivity contribution in [1.82, 2.24) is 10.6 Å². The van der Waals surface area contributed by atoms with Gasteiger partial charge in [0.1, 0.15) is 0 Å². The zero-order chi connectivity index (χ0) is 13.5. The predicted molar refractivity (Wildman–Crippen MR) is 78.5 cm³/mol. The van der Waals surface area contributed by atoms with E-state index in [1.54, 1.807) is 0 Å². The molecule has 3 N–H and O–H groups in total. The molecule has 1 aliphatic heterocycles. The maximum absolute atomic E-state index is 11.3. The van der Waals surface area contributed by atoms with Gasteiger partial charge >= 0.3 is 0 Å². The van der Waals surface area contributed by atoms with E-state index in [4.69, 9.17) is 0 Å².